The van der Waals surface area contributed by atoms with Crippen LogP contribution in [0, 0.1) is 12.8 Å². The number of carbonyl (C=O) groups is 1. The second-order valence-electron chi connectivity index (χ2n) is 4.49. The minimum absolute atomic E-state index is 0.160. The van der Waals surface area contributed by atoms with Gasteiger partial charge in [0.25, 0.3) is 5.91 Å². The average molecular weight is 220 g/mol. The Balaban J connectivity index is 2.11. The molecule has 4 heteroatoms. The van der Waals surface area contributed by atoms with Crippen molar-refractivity contribution in [2.24, 2.45) is 5.92 Å². The Kier molecular flexibility index (Phi) is 2.81. The molecule has 0 spiro atoms. The Labute approximate surface area is 94.1 Å². The maximum Gasteiger partial charge on any atom is 0.256 e. The Bertz CT molecular complexity index is 460. The van der Waals surface area contributed by atoms with Crippen molar-refractivity contribution in [2.75, 3.05) is 0 Å². The minimum Gasteiger partial charge on any atom is -0.364 e. The van der Waals surface area contributed by atoms with Gasteiger partial charge in [-0.3, -0.25) is 9.59 Å². The van der Waals surface area contributed by atoms with Crippen molar-refractivity contribution >= 4 is 5.91 Å². The first kappa shape index (κ1) is 10.9. The van der Waals surface area contributed by atoms with Crippen LogP contribution < -0.4 is 10.7 Å². The lowest BCUT2D eigenvalue weighted by Gasteiger charge is -2.12. The minimum atomic E-state index is -0.277. The first-order valence-corrected chi connectivity index (χ1v) is 5.58. The van der Waals surface area contributed by atoms with Crippen LogP contribution in [-0.4, -0.2) is 16.9 Å². The van der Waals surface area contributed by atoms with Gasteiger partial charge in [0.2, 0.25) is 0 Å². The van der Waals surface area contributed by atoms with Crippen molar-refractivity contribution in [2.45, 2.75) is 32.7 Å². The summed E-state index contributed by atoms with van der Waals surface area (Å²) in [5, 5.41) is 2.86. The van der Waals surface area contributed by atoms with E-state index < -0.39 is 0 Å². The zero-order valence-corrected chi connectivity index (χ0v) is 9.54. The van der Waals surface area contributed by atoms with E-state index in [0.29, 0.717) is 5.92 Å². The second kappa shape index (κ2) is 4.12. The standard InChI is InChI=1S/C12H16N2O2/c1-7-5-11(15)10(6-13-7)12(16)14-8(2)9-3-4-9/h5-6,8-9H,3-4H2,1-2H3,(H,13,15)(H,14,16). The molecule has 1 unspecified atom stereocenters. The highest BCUT2D eigenvalue weighted by Crippen LogP contribution is 2.32. The molecule has 4 nitrogen and oxygen atoms in total. The summed E-state index contributed by atoms with van der Waals surface area (Å²) < 4.78 is 0. The van der Waals surface area contributed by atoms with Crippen LogP contribution in [0.1, 0.15) is 35.8 Å². The first-order valence-electron chi connectivity index (χ1n) is 5.58. The Morgan fingerprint density at radius 3 is 2.81 bits per heavy atom. The first-order chi connectivity index (χ1) is 7.58. The molecule has 1 aromatic heterocycles. The lowest BCUT2D eigenvalue weighted by molar-refractivity contribution is 0.0934. The molecular weight excluding hydrogens is 204 g/mol. The fraction of sp³-hybridized carbons (Fsp3) is 0.500. The lowest BCUT2D eigenvalue weighted by atomic mass is 10.2. The molecule has 2 N–H and O–H groups in total. The molecule has 0 radical (unpaired) electrons. The van der Waals surface area contributed by atoms with Crippen LogP contribution in [0.4, 0.5) is 0 Å². The van der Waals surface area contributed by atoms with E-state index in [2.05, 4.69) is 10.3 Å². The molecule has 0 saturated heterocycles. The van der Waals surface area contributed by atoms with E-state index in [0.717, 1.165) is 5.69 Å². The molecule has 1 aliphatic rings. The summed E-state index contributed by atoms with van der Waals surface area (Å²) in [4.78, 5) is 26.2. The number of hydrogen-bond acceptors (Lipinski definition) is 2. The van der Waals surface area contributed by atoms with Crippen molar-refractivity contribution in [3.05, 3.63) is 33.7 Å². The van der Waals surface area contributed by atoms with Gasteiger partial charge in [0.15, 0.2) is 5.43 Å². The van der Waals surface area contributed by atoms with Crippen molar-refractivity contribution < 1.29 is 4.79 Å². The number of aryl methyl sites for hydroxylation is 1. The number of nitrogens with one attached hydrogen (secondary N) is 2. The normalized spacial score (nSPS) is 16.9. The smallest absolute Gasteiger partial charge is 0.256 e. The topological polar surface area (TPSA) is 62.0 Å². The highest BCUT2D eigenvalue weighted by atomic mass is 16.2. The number of carbonyl (C=O) groups excluding carboxylic acids is 1. The fourth-order valence-electron chi connectivity index (χ4n) is 1.75. The molecule has 1 aromatic rings. The largest absolute Gasteiger partial charge is 0.364 e. The molecule has 1 amide bonds. The van der Waals surface area contributed by atoms with Crippen LogP contribution in [0.3, 0.4) is 0 Å². The lowest BCUT2D eigenvalue weighted by Crippen LogP contribution is -2.36. The monoisotopic (exact) mass is 220 g/mol. The number of hydrogen-bond donors (Lipinski definition) is 2. The molecular formula is C12H16N2O2. The maximum atomic E-state index is 11.8. The summed E-state index contributed by atoms with van der Waals surface area (Å²) in [6.07, 6.45) is 3.82. The maximum absolute atomic E-state index is 11.8. The Morgan fingerprint density at radius 1 is 1.56 bits per heavy atom. The van der Waals surface area contributed by atoms with Gasteiger partial charge in [-0.2, -0.15) is 0 Å². The van der Waals surface area contributed by atoms with Crippen LogP contribution in [0.15, 0.2) is 17.1 Å². The van der Waals surface area contributed by atoms with Gasteiger partial charge in [0, 0.05) is 24.0 Å². The number of rotatable bonds is 3. The van der Waals surface area contributed by atoms with E-state index in [1.165, 1.54) is 25.1 Å². The predicted octanol–water partition coefficient (Wildman–Crippen LogP) is 1.21. The van der Waals surface area contributed by atoms with E-state index >= 15 is 0 Å². The molecule has 1 atom stereocenters. The van der Waals surface area contributed by atoms with Gasteiger partial charge >= 0.3 is 0 Å². The molecule has 1 heterocycles. The molecule has 16 heavy (non-hydrogen) atoms. The average Bonchev–Trinajstić information content (AvgIpc) is 2.99. The van der Waals surface area contributed by atoms with E-state index in [9.17, 15) is 9.59 Å². The number of aromatic amines is 1. The van der Waals surface area contributed by atoms with Crippen LogP contribution in [-0.2, 0) is 0 Å². The summed E-state index contributed by atoms with van der Waals surface area (Å²) in [7, 11) is 0. The highest BCUT2D eigenvalue weighted by Gasteiger charge is 2.29. The molecule has 86 valence electrons. The van der Waals surface area contributed by atoms with Gasteiger partial charge < -0.3 is 10.3 Å². The number of aromatic nitrogens is 1. The zero-order chi connectivity index (χ0) is 11.7. The number of pyridine rings is 1. The van der Waals surface area contributed by atoms with Gasteiger partial charge in [-0.25, -0.2) is 0 Å². The molecule has 1 fully saturated rings. The van der Waals surface area contributed by atoms with Crippen molar-refractivity contribution in [3.63, 3.8) is 0 Å². The van der Waals surface area contributed by atoms with Gasteiger partial charge in [0.1, 0.15) is 5.56 Å². The summed E-state index contributed by atoms with van der Waals surface area (Å²) >= 11 is 0. The molecule has 0 bridgehead atoms. The van der Waals surface area contributed by atoms with Crippen LogP contribution in [0.2, 0.25) is 0 Å². The van der Waals surface area contributed by atoms with E-state index in [1.54, 1.807) is 6.92 Å². The van der Waals surface area contributed by atoms with E-state index in [-0.39, 0.29) is 22.9 Å². The SMILES string of the molecule is Cc1cc(=O)c(C(=O)NC(C)C2CC2)c[nH]1. The quantitative estimate of drug-likeness (QED) is 0.804. The van der Waals surface area contributed by atoms with Crippen molar-refractivity contribution in [1.29, 1.82) is 0 Å². The summed E-state index contributed by atoms with van der Waals surface area (Å²) in [6, 6.07) is 1.60. The third-order valence-electron chi connectivity index (χ3n) is 2.99. The molecule has 1 aliphatic carbocycles. The Hall–Kier alpha value is -1.58. The third-order valence-corrected chi connectivity index (χ3v) is 2.99. The number of amides is 1. The second-order valence-corrected chi connectivity index (χ2v) is 4.49. The van der Waals surface area contributed by atoms with Gasteiger partial charge in [0.05, 0.1) is 0 Å². The molecule has 0 aromatic carbocycles. The van der Waals surface area contributed by atoms with E-state index in [4.69, 9.17) is 0 Å². The fourth-order valence-corrected chi connectivity index (χ4v) is 1.75. The molecule has 1 saturated carbocycles. The zero-order valence-electron chi connectivity index (χ0n) is 9.54. The third kappa shape index (κ3) is 2.32. The highest BCUT2D eigenvalue weighted by molar-refractivity contribution is 5.93. The van der Waals surface area contributed by atoms with Crippen LogP contribution in [0.5, 0.6) is 0 Å². The number of H-pyrrole nitrogens is 1. The van der Waals surface area contributed by atoms with E-state index in [1.807, 2.05) is 6.92 Å². The van der Waals surface area contributed by atoms with Crippen molar-refractivity contribution in [1.82, 2.24) is 10.3 Å². The Morgan fingerprint density at radius 2 is 2.25 bits per heavy atom. The van der Waals surface area contributed by atoms with Crippen molar-refractivity contribution in [3.8, 4) is 0 Å². The molecule has 0 aliphatic heterocycles. The van der Waals surface area contributed by atoms with Gasteiger partial charge in [-0.15, -0.1) is 0 Å². The molecule has 2 rings (SSSR count). The van der Waals surface area contributed by atoms with Gasteiger partial charge in [-0.05, 0) is 32.6 Å². The summed E-state index contributed by atoms with van der Waals surface area (Å²) in [5.41, 5.74) is 0.728. The van der Waals surface area contributed by atoms with Crippen LogP contribution >= 0.6 is 0 Å². The van der Waals surface area contributed by atoms with Gasteiger partial charge in [-0.1, -0.05) is 0 Å². The summed E-state index contributed by atoms with van der Waals surface area (Å²) in [6.45, 7) is 3.77. The van der Waals surface area contributed by atoms with Crippen LogP contribution in [0.25, 0.3) is 0 Å². The summed E-state index contributed by atoms with van der Waals surface area (Å²) in [5.74, 6) is 0.314. The predicted molar refractivity (Wildman–Crippen MR) is 61.5 cm³/mol.